The van der Waals surface area contributed by atoms with Crippen molar-refractivity contribution in [1.82, 2.24) is 0 Å². The lowest BCUT2D eigenvalue weighted by molar-refractivity contribution is -0.140. The lowest BCUT2D eigenvalue weighted by atomic mass is 9.66. The fourth-order valence-electron chi connectivity index (χ4n) is 3.59. The molecule has 1 saturated carbocycles. The van der Waals surface area contributed by atoms with Crippen LogP contribution in [0.25, 0.3) is 0 Å². The Balaban J connectivity index is 3.27. The standard InChI is InChI=1S/C16H26O4/c1-5-11(14(15(17)18)16(19)20)13-8-10(4)6-7-12(13)9(2)3/h9-10,12-13H,5-8H2,1-4H3,(H,17,18)(H,19,20). The van der Waals surface area contributed by atoms with Crippen LogP contribution in [0.3, 0.4) is 0 Å². The molecule has 114 valence electrons. The average Bonchev–Trinajstić information content (AvgIpc) is 2.33. The third-order valence-corrected chi connectivity index (χ3v) is 4.60. The predicted molar refractivity (Wildman–Crippen MR) is 77.4 cm³/mol. The van der Waals surface area contributed by atoms with Crippen LogP contribution in [-0.2, 0) is 9.59 Å². The molecule has 1 fully saturated rings. The van der Waals surface area contributed by atoms with Crippen LogP contribution in [0.2, 0.25) is 0 Å². The summed E-state index contributed by atoms with van der Waals surface area (Å²) in [5.74, 6) is -1.18. The van der Waals surface area contributed by atoms with Crippen molar-refractivity contribution < 1.29 is 19.8 Å². The van der Waals surface area contributed by atoms with E-state index in [1.165, 1.54) is 0 Å². The van der Waals surface area contributed by atoms with Crippen LogP contribution in [0.5, 0.6) is 0 Å². The second-order valence-electron chi connectivity index (χ2n) is 6.30. The van der Waals surface area contributed by atoms with Crippen LogP contribution in [0.4, 0.5) is 0 Å². The van der Waals surface area contributed by atoms with Gasteiger partial charge in [-0.1, -0.05) is 34.1 Å². The van der Waals surface area contributed by atoms with Crippen LogP contribution in [0.15, 0.2) is 11.1 Å². The summed E-state index contributed by atoms with van der Waals surface area (Å²) in [5, 5.41) is 18.5. The lowest BCUT2D eigenvalue weighted by Crippen LogP contribution is -2.31. The van der Waals surface area contributed by atoms with E-state index >= 15 is 0 Å². The van der Waals surface area contributed by atoms with E-state index in [9.17, 15) is 19.8 Å². The topological polar surface area (TPSA) is 74.6 Å². The summed E-state index contributed by atoms with van der Waals surface area (Å²) in [6.45, 7) is 8.31. The smallest absolute Gasteiger partial charge is 0.343 e. The summed E-state index contributed by atoms with van der Waals surface area (Å²) in [4.78, 5) is 22.6. The van der Waals surface area contributed by atoms with Crippen molar-refractivity contribution in [2.75, 3.05) is 0 Å². The zero-order valence-electron chi connectivity index (χ0n) is 12.8. The molecule has 0 spiro atoms. The molecule has 3 unspecified atom stereocenters. The highest BCUT2D eigenvalue weighted by Gasteiger charge is 2.36. The molecule has 1 aliphatic rings. The number of carboxylic acids is 2. The summed E-state index contributed by atoms with van der Waals surface area (Å²) in [5.41, 5.74) is 0.215. The molecular weight excluding hydrogens is 256 g/mol. The maximum absolute atomic E-state index is 11.3. The summed E-state index contributed by atoms with van der Waals surface area (Å²) in [6, 6.07) is 0. The van der Waals surface area contributed by atoms with Gasteiger partial charge in [-0.3, -0.25) is 0 Å². The van der Waals surface area contributed by atoms with Gasteiger partial charge in [0.2, 0.25) is 0 Å². The molecule has 0 aliphatic heterocycles. The Bertz CT molecular complexity index is 393. The minimum atomic E-state index is -1.31. The highest BCUT2D eigenvalue weighted by Crippen LogP contribution is 2.43. The van der Waals surface area contributed by atoms with Gasteiger partial charge < -0.3 is 10.2 Å². The van der Waals surface area contributed by atoms with Crippen molar-refractivity contribution in [3.63, 3.8) is 0 Å². The van der Waals surface area contributed by atoms with Crippen LogP contribution in [0.1, 0.15) is 53.4 Å². The van der Waals surface area contributed by atoms with Gasteiger partial charge in [-0.05, 0) is 48.5 Å². The molecule has 2 N–H and O–H groups in total. The summed E-state index contributed by atoms with van der Waals surface area (Å²) in [7, 11) is 0. The molecule has 4 heteroatoms. The Morgan fingerprint density at radius 3 is 2.10 bits per heavy atom. The third-order valence-electron chi connectivity index (χ3n) is 4.60. The average molecular weight is 282 g/mol. The van der Waals surface area contributed by atoms with Crippen molar-refractivity contribution in [1.29, 1.82) is 0 Å². The molecule has 3 atom stereocenters. The highest BCUT2D eigenvalue weighted by atomic mass is 16.4. The van der Waals surface area contributed by atoms with Gasteiger partial charge in [0.1, 0.15) is 5.57 Å². The maximum atomic E-state index is 11.3. The van der Waals surface area contributed by atoms with Gasteiger partial charge in [-0.15, -0.1) is 0 Å². The number of allylic oxidation sites excluding steroid dienone is 1. The van der Waals surface area contributed by atoms with Crippen LogP contribution >= 0.6 is 0 Å². The lowest BCUT2D eigenvalue weighted by Gasteiger charge is -2.39. The van der Waals surface area contributed by atoms with Crippen molar-refractivity contribution >= 4 is 11.9 Å². The van der Waals surface area contributed by atoms with Gasteiger partial charge >= 0.3 is 11.9 Å². The summed E-state index contributed by atoms with van der Waals surface area (Å²) < 4.78 is 0. The summed E-state index contributed by atoms with van der Waals surface area (Å²) >= 11 is 0. The third kappa shape index (κ3) is 3.62. The van der Waals surface area contributed by atoms with E-state index in [-0.39, 0.29) is 5.92 Å². The Hall–Kier alpha value is -1.32. The normalized spacial score (nSPS) is 26.4. The van der Waals surface area contributed by atoms with Crippen molar-refractivity contribution in [2.45, 2.75) is 53.4 Å². The predicted octanol–water partition coefficient (Wildman–Crippen LogP) is 3.57. The zero-order chi connectivity index (χ0) is 15.4. The molecule has 1 rings (SSSR count). The number of carboxylic acid groups (broad SMARTS) is 2. The van der Waals surface area contributed by atoms with Crippen LogP contribution < -0.4 is 0 Å². The Kier molecular flexibility index (Phi) is 5.78. The largest absolute Gasteiger partial charge is 0.477 e. The second kappa shape index (κ2) is 6.91. The number of hydrogen-bond acceptors (Lipinski definition) is 2. The summed E-state index contributed by atoms with van der Waals surface area (Å²) in [6.07, 6.45) is 3.59. The van der Waals surface area contributed by atoms with Gasteiger partial charge in [0.05, 0.1) is 0 Å². The van der Waals surface area contributed by atoms with Crippen LogP contribution in [0, 0.1) is 23.7 Å². The number of rotatable bonds is 5. The SMILES string of the molecule is CCC(=C(C(=O)O)C(=O)O)C1CC(C)CCC1C(C)C. The second-order valence-corrected chi connectivity index (χ2v) is 6.30. The molecule has 0 heterocycles. The van der Waals surface area contributed by atoms with Crippen molar-refractivity contribution in [2.24, 2.45) is 23.7 Å². The van der Waals surface area contributed by atoms with Gasteiger partial charge in [0, 0.05) is 0 Å². The van der Waals surface area contributed by atoms with Crippen molar-refractivity contribution in [3.05, 3.63) is 11.1 Å². The number of hydrogen-bond donors (Lipinski definition) is 2. The maximum Gasteiger partial charge on any atom is 0.343 e. The molecule has 0 amide bonds. The van der Waals surface area contributed by atoms with Crippen LogP contribution in [-0.4, -0.2) is 22.2 Å². The number of carbonyl (C=O) groups is 2. The molecule has 4 nitrogen and oxygen atoms in total. The molecule has 1 aliphatic carbocycles. The molecule has 0 bridgehead atoms. The van der Waals surface area contributed by atoms with E-state index in [1.54, 1.807) is 0 Å². The first-order valence-electron chi connectivity index (χ1n) is 7.49. The Morgan fingerprint density at radius 2 is 1.70 bits per heavy atom. The van der Waals surface area contributed by atoms with Gasteiger partial charge in [0.25, 0.3) is 0 Å². The van der Waals surface area contributed by atoms with Gasteiger partial charge in [-0.25, -0.2) is 9.59 Å². The minimum absolute atomic E-state index is 0.0888. The first kappa shape index (κ1) is 16.7. The first-order chi connectivity index (χ1) is 9.29. The molecule has 20 heavy (non-hydrogen) atoms. The molecule has 0 aromatic rings. The van der Waals surface area contributed by atoms with E-state index in [1.807, 2.05) is 6.92 Å². The Labute approximate surface area is 120 Å². The molecule has 0 radical (unpaired) electrons. The fraction of sp³-hybridized carbons (Fsp3) is 0.750. The number of aliphatic carboxylic acids is 2. The van der Waals surface area contributed by atoms with Crippen molar-refractivity contribution in [3.8, 4) is 0 Å². The first-order valence-corrected chi connectivity index (χ1v) is 7.49. The fourth-order valence-corrected chi connectivity index (χ4v) is 3.59. The van der Waals surface area contributed by atoms with E-state index in [0.717, 1.165) is 19.3 Å². The quantitative estimate of drug-likeness (QED) is 0.459. The van der Waals surface area contributed by atoms with E-state index in [0.29, 0.717) is 29.7 Å². The van der Waals surface area contributed by atoms with E-state index < -0.39 is 17.5 Å². The van der Waals surface area contributed by atoms with E-state index in [2.05, 4.69) is 20.8 Å². The molecule has 0 saturated heterocycles. The highest BCUT2D eigenvalue weighted by molar-refractivity contribution is 6.13. The molecular formula is C16H26O4. The van der Waals surface area contributed by atoms with Gasteiger partial charge in [0.15, 0.2) is 0 Å². The molecule has 0 aromatic heterocycles. The minimum Gasteiger partial charge on any atom is -0.477 e. The van der Waals surface area contributed by atoms with E-state index in [4.69, 9.17) is 0 Å². The monoisotopic (exact) mass is 282 g/mol. The Morgan fingerprint density at radius 1 is 1.15 bits per heavy atom. The van der Waals surface area contributed by atoms with Gasteiger partial charge in [-0.2, -0.15) is 0 Å². The molecule has 0 aromatic carbocycles. The zero-order valence-corrected chi connectivity index (χ0v) is 12.8.